The molecule has 1 aliphatic heterocycles. The lowest BCUT2D eigenvalue weighted by molar-refractivity contribution is -0.0368. The zero-order valence-electron chi connectivity index (χ0n) is 10.2. The first kappa shape index (κ1) is 12.2. The van der Waals surface area contributed by atoms with Gasteiger partial charge in [0.05, 0.1) is 5.52 Å². The molecule has 0 amide bonds. The monoisotopic (exact) mass is 358 g/mol. The average molecular weight is 358 g/mol. The first-order valence-corrected chi connectivity index (χ1v) is 7.23. The van der Waals surface area contributed by atoms with Crippen molar-refractivity contribution in [3.63, 3.8) is 0 Å². The van der Waals surface area contributed by atoms with Crippen LogP contribution in [0.4, 0.5) is 0 Å². The van der Waals surface area contributed by atoms with E-state index in [0.29, 0.717) is 5.75 Å². The Morgan fingerprint density at radius 1 is 1.44 bits per heavy atom. The lowest BCUT2D eigenvalue weighted by atomic mass is 10.1. The lowest BCUT2D eigenvalue weighted by Gasteiger charge is -2.23. The van der Waals surface area contributed by atoms with Gasteiger partial charge in [0.2, 0.25) is 0 Å². The maximum atomic E-state index is 9.79. The van der Waals surface area contributed by atoms with Crippen LogP contribution in [0, 0.1) is 10.6 Å². The van der Waals surface area contributed by atoms with Gasteiger partial charge in [-0.25, -0.2) is 4.68 Å². The molecule has 0 aliphatic carbocycles. The number of rotatable bonds is 1. The number of nitrogens with zero attached hydrogens (tertiary/aromatic N) is 2. The van der Waals surface area contributed by atoms with Crippen molar-refractivity contribution in [3.8, 4) is 5.75 Å². The number of phenols is 1. The molecule has 5 heteroatoms. The van der Waals surface area contributed by atoms with Crippen molar-refractivity contribution in [2.24, 2.45) is 0 Å². The number of aromatic hydroxyl groups is 1. The Morgan fingerprint density at radius 3 is 3.00 bits per heavy atom. The summed E-state index contributed by atoms with van der Waals surface area (Å²) in [7, 11) is 0. The molecule has 4 nitrogen and oxygen atoms in total. The van der Waals surface area contributed by atoms with Crippen molar-refractivity contribution in [3.05, 3.63) is 21.4 Å². The average Bonchev–Trinajstić information content (AvgIpc) is 2.69. The predicted octanol–water partition coefficient (Wildman–Crippen LogP) is 3.35. The molecule has 1 N–H and O–H groups in total. The van der Waals surface area contributed by atoms with Crippen LogP contribution in [0.5, 0.6) is 5.75 Å². The smallest absolute Gasteiger partial charge is 0.150 e. The Labute approximate surface area is 119 Å². The van der Waals surface area contributed by atoms with Crippen molar-refractivity contribution < 1.29 is 9.84 Å². The van der Waals surface area contributed by atoms with Crippen LogP contribution in [0.2, 0.25) is 0 Å². The highest BCUT2D eigenvalue weighted by Gasteiger charge is 2.20. The Balaban J connectivity index is 2.14. The molecule has 0 bridgehead atoms. The summed E-state index contributed by atoms with van der Waals surface area (Å²) in [6, 6.07) is 3.77. The van der Waals surface area contributed by atoms with Crippen molar-refractivity contribution in [2.75, 3.05) is 6.61 Å². The summed E-state index contributed by atoms with van der Waals surface area (Å²) in [5, 5.41) is 15.3. The minimum atomic E-state index is 0.0358. The van der Waals surface area contributed by atoms with E-state index in [9.17, 15) is 5.11 Å². The fraction of sp³-hybridized carbons (Fsp3) is 0.462. The van der Waals surface area contributed by atoms with Gasteiger partial charge in [-0.2, -0.15) is 5.10 Å². The molecule has 1 saturated heterocycles. The molecule has 1 unspecified atom stereocenters. The molecule has 1 atom stereocenters. The maximum Gasteiger partial charge on any atom is 0.150 e. The van der Waals surface area contributed by atoms with Crippen LogP contribution >= 0.6 is 22.6 Å². The first-order chi connectivity index (χ1) is 8.66. The summed E-state index contributed by atoms with van der Waals surface area (Å²) in [6.07, 6.45) is 3.35. The Kier molecular flexibility index (Phi) is 3.19. The highest BCUT2D eigenvalue weighted by molar-refractivity contribution is 14.1. The van der Waals surface area contributed by atoms with Crippen LogP contribution in [0.1, 0.15) is 31.1 Å². The molecule has 2 aromatic rings. The van der Waals surface area contributed by atoms with Crippen molar-refractivity contribution >= 4 is 33.5 Å². The Hall–Kier alpha value is -0.820. The molecule has 0 radical (unpaired) electrons. The van der Waals surface area contributed by atoms with Gasteiger partial charge in [0, 0.05) is 12.0 Å². The van der Waals surface area contributed by atoms with E-state index in [1.165, 1.54) is 6.42 Å². The van der Waals surface area contributed by atoms with Crippen LogP contribution in [0.15, 0.2) is 12.1 Å². The van der Waals surface area contributed by atoms with E-state index in [4.69, 9.17) is 4.74 Å². The summed E-state index contributed by atoms with van der Waals surface area (Å²) in [4.78, 5) is 0. The Morgan fingerprint density at radius 2 is 2.28 bits per heavy atom. The number of fused-ring (bicyclic) bond motifs is 1. The highest BCUT2D eigenvalue weighted by Crippen LogP contribution is 2.32. The van der Waals surface area contributed by atoms with Gasteiger partial charge >= 0.3 is 0 Å². The minimum absolute atomic E-state index is 0.0358. The van der Waals surface area contributed by atoms with Gasteiger partial charge in [-0.3, -0.25) is 0 Å². The molecule has 96 valence electrons. The van der Waals surface area contributed by atoms with E-state index in [1.807, 2.05) is 17.7 Å². The number of hydrogen-bond donors (Lipinski definition) is 1. The molecule has 1 fully saturated rings. The number of aryl methyl sites for hydroxylation is 1. The number of ether oxygens (including phenoxy) is 1. The van der Waals surface area contributed by atoms with Crippen molar-refractivity contribution in [1.82, 2.24) is 9.78 Å². The van der Waals surface area contributed by atoms with Crippen molar-refractivity contribution in [1.29, 1.82) is 0 Å². The molecule has 2 heterocycles. The maximum absolute atomic E-state index is 9.79. The van der Waals surface area contributed by atoms with Gasteiger partial charge in [-0.1, -0.05) is 0 Å². The molecule has 18 heavy (non-hydrogen) atoms. The SMILES string of the molecule is Cc1cc2c(cc1O)c(I)nn2C1CCCCO1. The van der Waals surface area contributed by atoms with Gasteiger partial charge in [0.25, 0.3) is 0 Å². The summed E-state index contributed by atoms with van der Waals surface area (Å²) < 4.78 is 8.66. The second-order valence-electron chi connectivity index (χ2n) is 4.71. The molecular weight excluding hydrogens is 343 g/mol. The van der Waals surface area contributed by atoms with Gasteiger partial charge in [-0.15, -0.1) is 0 Å². The van der Waals surface area contributed by atoms with Gasteiger partial charge in [-0.05, 0) is 66.5 Å². The summed E-state index contributed by atoms with van der Waals surface area (Å²) in [5.74, 6) is 0.324. The second kappa shape index (κ2) is 4.70. The zero-order chi connectivity index (χ0) is 12.7. The Bertz CT molecular complexity index is 588. The molecule has 1 aliphatic rings. The van der Waals surface area contributed by atoms with E-state index in [2.05, 4.69) is 27.7 Å². The number of halogens is 1. The molecule has 0 saturated carbocycles. The van der Waals surface area contributed by atoms with Crippen LogP contribution in [-0.4, -0.2) is 21.5 Å². The number of hydrogen-bond acceptors (Lipinski definition) is 3. The normalized spacial score (nSPS) is 20.4. The van der Waals surface area contributed by atoms with Crippen LogP contribution in [-0.2, 0) is 4.74 Å². The fourth-order valence-corrected chi connectivity index (χ4v) is 3.04. The topological polar surface area (TPSA) is 47.3 Å². The predicted molar refractivity (Wildman–Crippen MR) is 77.7 cm³/mol. The number of aromatic nitrogens is 2. The molecule has 3 rings (SSSR count). The zero-order valence-corrected chi connectivity index (χ0v) is 12.3. The van der Waals surface area contributed by atoms with Crippen LogP contribution in [0.3, 0.4) is 0 Å². The highest BCUT2D eigenvalue weighted by atomic mass is 127. The third-order valence-corrected chi connectivity index (χ3v) is 4.20. The minimum Gasteiger partial charge on any atom is -0.508 e. The van der Waals surface area contributed by atoms with Crippen LogP contribution < -0.4 is 0 Å². The number of benzene rings is 1. The third-order valence-electron chi connectivity index (χ3n) is 3.41. The molecule has 1 aromatic heterocycles. The quantitative estimate of drug-likeness (QED) is 0.796. The lowest BCUT2D eigenvalue weighted by Crippen LogP contribution is -2.19. The van der Waals surface area contributed by atoms with E-state index in [0.717, 1.165) is 39.6 Å². The standard InChI is InChI=1S/C13H15IN2O2/c1-8-6-10-9(7-11(8)17)13(14)15-16(10)12-4-2-3-5-18-12/h6-7,12,17H,2-5H2,1H3. The van der Waals surface area contributed by atoms with E-state index in [-0.39, 0.29) is 6.23 Å². The van der Waals surface area contributed by atoms with Gasteiger partial charge in [0.1, 0.15) is 9.45 Å². The molecule has 0 spiro atoms. The second-order valence-corrected chi connectivity index (χ2v) is 5.73. The summed E-state index contributed by atoms with van der Waals surface area (Å²) >= 11 is 2.20. The largest absolute Gasteiger partial charge is 0.508 e. The summed E-state index contributed by atoms with van der Waals surface area (Å²) in [5.41, 5.74) is 1.91. The summed E-state index contributed by atoms with van der Waals surface area (Å²) in [6.45, 7) is 2.71. The van der Waals surface area contributed by atoms with Gasteiger partial charge < -0.3 is 9.84 Å². The van der Waals surface area contributed by atoms with Crippen molar-refractivity contribution in [2.45, 2.75) is 32.4 Å². The third kappa shape index (κ3) is 1.99. The number of phenolic OH excluding ortho intramolecular Hbond substituents is 1. The van der Waals surface area contributed by atoms with Crippen LogP contribution in [0.25, 0.3) is 10.9 Å². The van der Waals surface area contributed by atoms with Gasteiger partial charge in [0.15, 0.2) is 6.23 Å². The van der Waals surface area contributed by atoms with E-state index >= 15 is 0 Å². The fourth-order valence-electron chi connectivity index (χ4n) is 2.37. The first-order valence-electron chi connectivity index (χ1n) is 6.16. The van der Waals surface area contributed by atoms with E-state index in [1.54, 1.807) is 6.07 Å². The molecule has 1 aromatic carbocycles. The van der Waals surface area contributed by atoms with E-state index < -0.39 is 0 Å². The molecular formula is C13H15IN2O2.